The van der Waals surface area contributed by atoms with E-state index in [1.807, 2.05) is 0 Å². The lowest BCUT2D eigenvalue weighted by Gasteiger charge is -2.09. The zero-order valence-corrected chi connectivity index (χ0v) is 40.1. The first-order valence-corrected chi connectivity index (χ1v) is 22.3. The first-order valence-electron chi connectivity index (χ1n) is 22.3. The molecule has 0 saturated carbocycles. The number of anilines is 4. The molecule has 0 fully saturated rings. The summed E-state index contributed by atoms with van der Waals surface area (Å²) in [6.45, 7) is 0. The number of phenolic OH excluding ortho intramolecular Hbond substituents is 6. The number of benzene rings is 8. The van der Waals surface area contributed by atoms with Crippen LogP contribution in [0.15, 0.2) is 182 Å². The van der Waals surface area contributed by atoms with Crippen LogP contribution in [0.4, 0.5) is 22.7 Å². The molecule has 0 spiro atoms. The van der Waals surface area contributed by atoms with Crippen molar-refractivity contribution in [3.8, 4) is 34.5 Å². The summed E-state index contributed by atoms with van der Waals surface area (Å²) < 4.78 is 0. The number of aromatic carboxylic acids is 4. The Kier molecular flexibility index (Phi) is 19.7. The van der Waals surface area contributed by atoms with Crippen LogP contribution < -0.4 is 21.3 Å². The molecule has 14 N–H and O–H groups in total. The number of phenols is 6. The number of aromatic hydroxyl groups is 6. The Balaban J connectivity index is 0.000000192. The van der Waals surface area contributed by atoms with E-state index in [1.54, 1.807) is 72.8 Å². The highest BCUT2D eigenvalue weighted by molar-refractivity contribution is 6.11. The smallest absolute Gasteiger partial charge is 0.337 e. The van der Waals surface area contributed by atoms with Gasteiger partial charge in [-0.05, 0) is 115 Å². The van der Waals surface area contributed by atoms with Gasteiger partial charge >= 0.3 is 23.9 Å². The van der Waals surface area contributed by atoms with E-state index < -0.39 is 47.5 Å². The zero-order valence-electron chi connectivity index (χ0n) is 40.1. The van der Waals surface area contributed by atoms with Gasteiger partial charge in [-0.3, -0.25) is 19.2 Å². The number of hydrogen-bond donors (Lipinski definition) is 14. The Labute approximate surface area is 440 Å². The third kappa shape index (κ3) is 16.4. The fourth-order valence-corrected chi connectivity index (χ4v) is 6.55. The topological polar surface area (TPSA) is 387 Å². The number of carbonyl (C=O) groups is 8. The van der Waals surface area contributed by atoms with Crippen molar-refractivity contribution in [2.24, 2.45) is 0 Å². The lowest BCUT2D eigenvalue weighted by Crippen LogP contribution is -2.14. The molecule has 22 nitrogen and oxygen atoms in total. The van der Waals surface area contributed by atoms with Crippen LogP contribution in [0.2, 0.25) is 0 Å². The number of hydrogen-bond acceptors (Lipinski definition) is 14. The fourth-order valence-electron chi connectivity index (χ4n) is 6.55. The van der Waals surface area contributed by atoms with Crippen LogP contribution in [0.5, 0.6) is 34.5 Å². The summed E-state index contributed by atoms with van der Waals surface area (Å²) in [5.74, 6) is -7.94. The van der Waals surface area contributed by atoms with Crippen LogP contribution in [-0.4, -0.2) is 98.6 Å². The second-order valence-corrected chi connectivity index (χ2v) is 15.8. The minimum absolute atomic E-state index is 0.0224. The average Bonchev–Trinajstić information content (AvgIpc) is 3.41. The van der Waals surface area contributed by atoms with Gasteiger partial charge in [0.15, 0.2) is 0 Å². The lowest BCUT2D eigenvalue weighted by molar-refractivity contribution is 0.0686. The summed E-state index contributed by atoms with van der Waals surface area (Å²) in [6.07, 6.45) is 0. The van der Waals surface area contributed by atoms with E-state index in [0.717, 1.165) is 18.2 Å². The van der Waals surface area contributed by atoms with Crippen molar-refractivity contribution in [1.29, 1.82) is 0 Å². The van der Waals surface area contributed by atoms with Gasteiger partial charge in [0.25, 0.3) is 23.6 Å². The van der Waals surface area contributed by atoms with Crippen molar-refractivity contribution in [2.75, 3.05) is 21.3 Å². The first-order chi connectivity index (χ1) is 37.1. The monoisotopic (exact) mass is 1060 g/mol. The summed E-state index contributed by atoms with van der Waals surface area (Å²) >= 11 is 0. The summed E-state index contributed by atoms with van der Waals surface area (Å²) in [4.78, 5) is 91.9. The normalized spacial score (nSPS) is 9.95. The van der Waals surface area contributed by atoms with E-state index in [-0.39, 0.29) is 90.6 Å². The van der Waals surface area contributed by atoms with Crippen LogP contribution >= 0.6 is 0 Å². The molecule has 4 amide bonds. The van der Waals surface area contributed by atoms with Gasteiger partial charge < -0.3 is 72.3 Å². The van der Waals surface area contributed by atoms with Crippen molar-refractivity contribution >= 4 is 70.3 Å². The molecular formula is C56H44N4O18. The highest BCUT2D eigenvalue weighted by Crippen LogP contribution is 2.27. The molecule has 0 atom stereocenters. The summed E-state index contributed by atoms with van der Waals surface area (Å²) in [5.41, 5.74) is 0.599. The van der Waals surface area contributed by atoms with E-state index >= 15 is 0 Å². The van der Waals surface area contributed by atoms with Gasteiger partial charge in [-0.1, -0.05) is 54.6 Å². The molecule has 8 aromatic rings. The van der Waals surface area contributed by atoms with Crippen LogP contribution in [0.3, 0.4) is 0 Å². The summed E-state index contributed by atoms with van der Waals surface area (Å²) in [6, 6.07) is 42.9. The second-order valence-electron chi connectivity index (χ2n) is 15.8. The Morgan fingerprint density at radius 3 is 1.00 bits per heavy atom. The molecule has 0 aliphatic carbocycles. The molecule has 0 aromatic heterocycles. The van der Waals surface area contributed by atoms with Gasteiger partial charge in [0.2, 0.25) is 0 Å². The number of carboxylic acid groups (broad SMARTS) is 4. The Morgan fingerprint density at radius 2 is 0.590 bits per heavy atom. The van der Waals surface area contributed by atoms with E-state index in [0.29, 0.717) is 11.1 Å². The number of para-hydroxylation sites is 1. The highest BCUT2D eigenvalue weighted by Gasteiger charge is 2.19. The van der Waals surface area contributed by atoms with Crippen molar-refractivity contribution in [3.05, 3.63) is 226 Å². The lowest BCUT2D eigenvalue weighted by atomic mass is 10.1. The Morgan fingerprint density at radius 1 is 0.256 bits per heavy atom. The van der Waals surface area contributed by atoms with Crippen LogP contribution in [0.25, 0.3) is 0 Å². The zero-order chi connectivity index (χ0) is 57.1. The van der Waals surface area contributed by atoms with Crippen molar-refractivity contribution in [2.45, 2.75) is 0 Å². The molecular weight excluding hydrogens is 1020 g/mol. The first kappa shape index (κ1) is 57.2. The molecule has 396 valence electrons. The number of amides is 4. The van der Waals surface area contributed by atoms with Gasteiger partial charge in [-0.2, -0.15) is 0 Å². The quantitative estimate of drug-likeness (QED) is 0.0508. The van der Waals surface area contributed by atoms with Gasteiger partial charge in [-0.25, -0.2) is 19.2 Å². The second kappa shape index (κ2) is 26.9. The minimum Gasteiger partial charge on any atom is -0.508 e. The molecule has 0 bridgehead atoms. The van der Waals surface area contributed by atoms with Crippen LogP contribution in [0.1, 0.15) is 82.9 Å². The van der Waals surface area contributed by atoms with Gasteiger partial charge in [0.05, 0.1) is 50.6 Å². The molecule has 0 aliphatic rings. The molecule has 8 rings (SSSR count). The molecule has 0 saturated heterocycles. The van der Waals surface area contributed by atoms with Gasteiger partial charge in [-0.15, -0.1) is 0 Å². The van der Waals surface area contributed by atoms with E-state index in [4.69, 9.17) is 20.4 Å². The van der Waals surface area contributed by atoms with E-state index in [9.17, 15) is 69.0 Å². The third-order valence-electron chi connectivity index (χ3n) is 10.3. The standard InChI is InChI=1S/2C14H11NO5.2C14H11NO4/c16-9-3-1-2-8(6-9)13(18)15-12-7-10(17)4-5-11(12)14(19)20;16-8-5-6-11(10(7-8)14(19)20)15-13(18)9-3-1-2-4-12(9)17;16-10-6-7-12(11(8-10)14(18)19)15-13(17)9-4-2-1-3-5-9;16-10-6-7-11(14(18)19)12(8-10)15-13(17)9-4-2-1-3-5-9/h2*1-7,16-17H,(H,15,18)(H,19,20);2*1-8,16H,(H,15,17)(H,18,19). The maximum absolute atomic E-state index is 12.0. The SMILES string of the molecule is O=C(Nc1cc(O)ccc1C(=O)O)c1cccc(O)c1.O=C(Nc1cc(O)ccc1C(=O)O)c1ccccc1.O=C(Nc1ccc(O)cc1C(=O)O)c1ccccc1.O=C(Nc1ccc(O)cc1C(=O)O)c1ccccc1O. The van der Waals surface area contributed by atoms with E-state index in [1.165, 1.54) is 91.0 Å². The minimum atomic E-state index is -1.28. The van der Waals surface area contributed by atoms with Crippen molar-refractivity contribution < 1.29 is 89.4 Å². The van der Waals surface area contributed by atoms with Gasteiger partial charge in [0.1, 0.15) is 34.5 Å². The third-order valence-corrected chi connectivity index (χ3v) is 10.3. The maximum atomic E-state index is 12.0. The molecule has 0 radical (unpaired) electrons. The predicted molar refractivity (Wildman–Crippen MR) is 281 cm³/mol. The van der Waals surface area contributed by atoms with Crippen molar-refractivity contribution in [1.82, 2.24) is 0 Å². The van der Waals surface area contributed by atoms with Crippen LogP contribution in [0, 0.1) is 0 Å². The molecule has 8 aromatic carbocycles. The molecule has 0 unspecified atom stereocenters. The Bertz CT molecular complexity index is 3540. The van der Waals surface area contributed by atoms with Gasteiger partial charge in [0, 0.05) is 28.8 Å². The maximum Gasteiger partial charge on any atom is 0.337 e. The largest absolute Gasteiger partial charge is 0.508 e. The average molecular weight is 1060 g/mol. The predicted octanol–water partition coefficient (Wildman–Crippen LogP) is 8.78. The molecule has 0 heterocycles. The number of carbonyl (C=O) groups excluding carboxylic acids is 4. The highest BCUT2D eigenvalue weighted by atomic mass is 16.4. The van der Waals surface area contributed by atoms with Crippen LogP contribution in [-0.2, 0) is 0 Å². The van der Waals surface area contributed by atoms with E-state index in [2.05, 4.69) is 21.3 Å². The Hall–Kier alpha value is -11.7. The summed E-state index contributed by atoms with van der Waals surface area (Å²) in [5, 5.41) is 102. The number of nitrogens with one attached hydrogen (secondary N) is 4. The number of rotatable bonds is 12. The fraction of sp³-hybridized carbons (Fsp3) is 0. The molecule has 0 aliphatic heterocycles. The van der Waals surface area contributed by atoms with Crippen molar-refractivity contribution in [3.63, 3.8) is 0 Å². The number of carboxylic acids is 4. The molecule has 78 heavy (non-hydrogen) atoms. The summed E-state index contributed by atoms with van der Waals surface area (Å²) in [7, 11) is 0. The molecule has 22 heteroatoms.